The zero-order valence-electron chi connectivity index (χ0n) is 13.4. The minimum Gasteiger partial charge on any atom is -0.354 e. The summed E-state index contributed by atoms with van der Waals surface area (Å²) in [6.45, 7) is 4.25. The number of fused-ring (bicyclic) bond motifs is 1. The topological polar surface area (TPSA) is 82.2 Å². The number of hydrogen-bond donors (Lipinski definition) is 1. The third-order valence-corrected chi connectivity index (χ3v) is 7.02. The first kappa shape index (κ1) is 14.9. The average Bonchev–Trinajstić information content (AvgIpc) is 3.24. The minimum absolute atomic E-state index is 0.132. The van der Waals surface area contributed by atoms with Crippen molar-refractivity contribution in [3.05, 3.63) is 18.1 Å². The zero-order chi connectivity index (χ0) is 16.2. The molecule has 0 radical (unpaired) electrons. The molecule has 3 heterocycles. The molecule has 23 heavy (non-hydrogen) atoms. The highest BCUT2D eigenvalue weighted by Crippen LogP contribution is 2.33. The number of aromatic nitrogens is 3. The van der Waals surface area contributed by atoms with E-state index >= 15 is 0 Å². The second-order valence-electron chi connectivity index (χ2n) is 6.71. The van der Waals surface area contributed by atoms with Crippen LogP contribution in [0.25, 0.3) is 11.0 Å². The van der Waals surface area contributed by atoms with E-state index in [0.29, 0.717) is 12.5 Å². The van der Waals surface area contributed by atoms with Gasteiger partial charge in [-0.2, -0.15) is 0 Å². The van der Waals surface area contributed by atoms with Crippen molar-refractivity contribution in [1.82, 2.24) is 19.3 Å². The molecular formula is C15H21N5O2S. The number of nitrogens with one attached hydrogen (secondary N) is 1. The molecule has 7 nitrogen and oxygen atoms in total. The second kappa shape index (κ2) is 5.17. The molecule has 0 spiro atoms. The van der Waals surface area contributed by atoms with E-state index in [-0.39, 0.29) is 5.25 Å². The van der Waals surface area contributed by atoms with Crippen molar-refractivity contribution in [2.45, 2.75) is 25.0 Å². The summed E-state index contributed by atoms with van der Waals surface area (Å²) in [6.07, 6.45) is 3.21. The van der Waals surface area contributed by atoms with Crippen molar-refractivity contribution in [3.8, 4) is 0 Å². The Morgan fingerprint density at radius 2 is 2.09 bits per heavy atom. The number of aryl methyl sites for hydroxylation is 1. The number of H-pyrrole nitrogens is 1. The summed E-state index contributed by atoms with van der Waals surface area (Å²) in [5, 5.41) is -0.132. The van der Waals surface area contributed by atoms with Gasteiger partial charge < -0.3 is 9.88 Å². The largest absolute Gasteiger partial charge is 0.354 e. The predicted octanol–water partition coefficient (Wildman–Crippen LogP) is 1.13. The molecule has 0 atom stereocenters. The molecule has 4 rings (SSSR count). The molecule has 8 heteroatoms. The van der Waals surface area contributed by atoms with Crippen LogP contribution in [0.5, 0.6) is 0 Å². The van der Waals surface area contributed by atoms with E-state index in [1.54, 1.807) is 17.7 Å². The molecule has 1 saturated carbocycles. The smallest absolute Gasteiger partial charge is 0.216 e. The van der Waals surface area contributed by atoms with E-state index < -0.39 is 10.0 Å². The van der Waals surface area contributed by atoms with Gasteiger partial charge in [-0.15, -0.1) is 0 Å². The highest BCUT2D eigenvalue weighted by atomic mass is 32.2. The van der Waals surface area contributed by atoms with Crippen molar-refractivity contribution in [2.75, 3.05) is 31.6 Å². The van der Waals surface area contributed by atoms with E-state index in [2.05, 4.69) is 19.9 Å². The van der Waals surface area contributed by atoms with Crippen molar-refractivity contribution in [1.29, 1.82) is 0 Å². The highest BCUT2D eigenvalue weighted by Gasteiger charge is 2.40. The molecular weight excluding hydrogens is 314 g/mol. The number of nitrogens with zero attached hydrogens (tertiary/aromatic N) is 4. The lowest BCUT2D eigenvalue weighted by Gasteiger charge is -2.41. The molecule has 2 aliphatic rings. The second-order valence-corrected chi connectivity index (χ2v) is 9.03. The molecule has 0 bridgehead atoms. The van der Waals surface area contributed by atoms with Crippen LogP contribution < -0.4 is 4.90 Å². The van der Waals surface area contributed by atoms with Gasteiger partial charge in [0.15, 0.2) is 5.82 Å². The third kappa shape index (κ3) is 2.59. The van der Waals surface area contributed by atoms with Crippen LogP contribution in [0.15, 0.2) is 12.4 Å². The molecule has 2 aromatic rings. The van der Waals surface area contributed by atoms with Crippen LogP contribution in [-0.2, 0) is 10.0 Å². The summed E-state index contributed by atoms with van der Waals surface area (Å²) < 4.78 is 25.9. The summed E-state index contributed by atoms with van der Waals surface area (Å²) in [4.78, 5) is 14.2. The van der Waals surface area contributed by atoms with Crippen molar-refractivity contribution >= 4 is 26.9 Å². The van der Waals surface area contributed by atoms with E-state index in [0.717, 1.165) is 48.5 Å². The van der Waals surface area contributed by atoms with Crippen LogP contribution in [0.3, 0.4) is 0 Å². The fourth-order valence-corrected chi connectivity index (χ4v) is 4.90. The first-order valence-corrected chi connectivity index (χ1v) is 9.46. The van der Waals surface area contributed by atoms with Gasteiger partial charge in [0, 0.05) is 38.3 Å². The van der Waals surface area contributed by atoms with Gasteiger partial charge in [-0.25, -0.2) is 22.7 Å². The maximum atomic E-state index is 12.2. The van der Waals surface area contributed by atoms with Gasteiger partial charge in [-0.05, 0) is 25.8 Å². The summed E-state index contributed by atoms with van der Waals surface area (Å²) >= 11 is 0. The van der Waals surface area contributed by atoms with Crippen LogP contribution in [0.4, 0.5) is 5.82 Å². The monoisotopic (exact) mass is 335 g/mol. The maximum absolute atomic E-state index is 12.2. The summed E-state index contributed by atoms with van der Waals surface area (Å²) in [7, 11) is -1.37. The summed E-state index contributed by atoms with van der Waals surface area (Å²) in [5.74, 6) is 1.27. The van der Waals surface area contributed by atoms with Crippen molar-refractivity contribution in [2.24, 2.45) is 5.92 Å². The predicted molar refractivity (Wildman–Crippen MR) is 88.9 cm³/mol. The normalized spacial score (nSPS) is 19.5. The molecule has 0 unspecified atom stereocenters. The number of hydrogen-bond acceptors (Lipinski definition) is 5. The Morgan fingerprint density at radius 1 is 1.35 bits per heavy atom. The van der Waals surface area contributed by atoms with Gasteiger partial charge >= 0.3 is 0 Å². The van der Waals surface area contributed by atoms with Gasteiger partial charge in [0.05, 0.1) is 10.8 Å². The van der Waals surface area contributed by atoms with Gasteiger partial charge in [-0.1, -0.05) is 0 Å². The molecule has 0 amide bonds. The highest BCUT2D eigenvalue weighted by molar-refractivity contribution is 7.90. The lowest BCUT2D eigenvalue weighted by Crippen LogP contribution is -2.52. The fraction of sp³-hybridized carbons (Fsp3) is 0.600. The van der Waals surface area contributed by atoms with E-state index in [4.69, 9.17) is 0 Å². The molecule has 1 saturated heterocycles. The van der Waals surface area contributed by atoms with E-state index in [9.17, 15) is 8.42 Å². The number of anilines is 1. The Labute approximate surface area is 135 Å². The molecule has 1 N–H and O–H groups in total. The molecule has 124 valence electrons. The van der Waals surface area contributed by atoms with Gasteiger partial charge in [0.2, 0.25) is 10.0 Å². The van der Waals surface area contributed by atoms with Crippen LogP contribution in [0.1, 0.15) is 18.5 Å². The Balaban J connectivity index is 1.43. The Hall–Kier alpha value is -1.67. The molecule has 1 aliphatic carbocycles. The van der Waals surface area contributed by atoms with Crippen LogP contribution in [0.2, 0.25) is 0 Å². The standard InChI is InChI=1S/C15H21N5O2S/c1-10-5-13-14(18-10)15(17-9-16-13)20-7-11(8-20)6-19(2)23(21,22)12-3-4-12/h5,9,11-12,18H,3-4,6-8H2,1-2H3. The molecule has 2 fully saturated rings. The first-order chi connectivity index (χ1) is 10.9. The van der Waals surface area contributed by atoms with Gasteiger partial charge in [-0.3, -0.25) is 0 Å². The molecule has 0 aromatic carbocycles. The summed E-state index contributed by atoms with van der Waals surface area (Å²) in [6, 6.07) is 2.01. The van der Waals surface area contributed by atoms with Crippen LogP contribution in [0, 0.1) is 12.8 Å². The Morgan fingerprint density at radius 3 is 2.78 bits per heavy atom. The van der Waals surface area contributed by atoms with Gasteiger partial charge in [0.25, 0.3) is 0 Å². The SMILES string of the molecule is Cc1cc2ncnc(N3CC(CN(C)S(=O)(=O)C4CC4)C3)c2[nH]1. The molecule has 1 aliphatic heterocycles. The lowest BCUT2D eigenvalue weighted by atomic mass is 10.0. The number of rotatable bonds is 5. The number of sulfonamides is 1. The van der Waals surface area contributed by atoms with E-state index in [1.165, 1.54) is 0 Å². The van der Waals surface area contributed by atoms with Gasteiger partial charge in [0.1, 0.15) is 11.8 Å². The van der Waals surface area contributed by atoms with Crippen LogP contribution in [-0.4, -0.2) is 59.6 Å². The lowest BCUT2D eigenvalue weighted by molar-refractivity contribution is 0.326. The van der Waals surface area contributed by atoms with E-state index in [1.807, 2.05) is 13.0 Å². The first-order valence-electron chi connectivity index (χ1n) is 7.95. The number of aromatic amines is 1. The quantitative estimate of drug-likeness (QED) is 0.886. The Kier molecular flexibility index (Phi) is 3.35. The molecule has 2 aromatic heterocycles. The fourth-order valence-electron chi connectivity index (χ4n) is 3.24. The van der Waals surface area contributed by atoms with Crippen molar-refractivity contribution in [3.63, 3.8) is 0 Å². The van der Waals surface area contributed by atoms with Crippen LogP contribution >= 0.6 is 0 Å². The maximum Gasteiger partial charge on any atom is 0.216 e. The van der Waals surface area contributed by atoms with Crippen molar-refractivity contribution < 1.29 is 8.42 Å². The minimum atomic E-state index is -3.07. The average molecular weight is 335 g/mol. The Bertz CT molecular complexity index is 837. The zero-order valence-corrected chi connectivity index (χ0v) is 14.2. The third-order valence-electron chi connectivity index (χ3n) is 4.68. The summed E-state index contributed by atoms with van der Waals surface area (Å²) in [5.41, 5.74) is 2.95.